The molecule has 1 saturated heterocycles. The second kappa shape index (κ2) is 6.43. The summed E-state index contributed by atoms with van der Waals surface area (Å²) in [6.07, 6.45) is 3.45. The van der Waals surface area contributed by atoms with Crippen LogP contribution >= 0.6 is 0 Å². The molecule has 2 aliphatic rings. The summed E-state index contributed by atoms with van der Waals surface area (Å²) < 4.78 is 24.6. The minimum absolute atomic E-state index is 0.0115. The van der Waals surface area contributed by atoms with Crippen LogP contribution in [0.15, 0.2) is 35.0 Å². The number of benzene rings is 1. The molecule has 2 fully saturated rings. The number of aromatic nitrogens is 2. The van der Waals surface area contributed by atoms with E-state index in [0.29, 0.717) is 47.1 Å². The lowest BCUT2D eigenvalue weighted by atomic mass is 10.1. The van der Waals surface area contributed by atoms with Crippen molar-refractivity contribution in [2.24, 2.45) is 0 Å². The highest BCUT2D eigenvalue weighted by atomic mass is 19.1. The third-order valence-corrected chi connectivity index (χ3v) is 5.55. The van der Waals surface area contributed by atoms with Crippen LogP contribution in [0.5, 0.6) is 5.75 Å². The van der Waals surface area contributed by atoms with Gasteiger partial charge in [-0.25, -0.2) is 14.4 Å². The number of carbonyl (C=O) groups excluding carboxylic acids is 1. The van der Waals surface area contributed by atoms with Crippen molar-refractivity contribution < 1.29 is 18.3 Å². The molecule has 5 rings (SSSR count). The first kappa shape index (κ1) is 17.9. The van der Waals surface area contributed by atoms with Gasteiger partial charge in [0.25, 0.3) is 5.91 Å². The van der Waals surface area contributed by atoms with Crippen molar-refractivity contribution in [3.8, 4) is 5.75 Å². The van der Waals surface area contributed by atoms with E-state index in [2.05, 4.69) is 22.2 Å². The van der Waals surface area contributed by atoms with Crippen molar-refractivity contribution in [1.82, 2.24) is 14.9 Å². The van der Waals surface area contributed by atoms with Crippen molar-refractivity contribution in [1.29, 1.82) is 0 Å². The average Bonchev–Trinajstić information content (AvgIpc) is 3.27. The van der Waals surface area contributed by atoms with Gasteiger partial charge in [-0.2, -0.15) is 0 Å². The Labute approximate surface area is 166 Å². The maximum absolute atomic E-state index is 13.2. The highest BCUT2D eigenvalue weighted by Gasteiger charge is 2.40. The van der Waals surface area contributed by atoms with Crippen molar-refractivity contribution >= 4 is 22.8 Å². The van der Waals surface area contributed by atoms with Crippen LogP contribution in [0.1, 0.15) is 35.9 Å². The number of nitrogens with one attached hydrogen (secondary N) is 1. The molecular formula is C21H21FN4O3. The average molecular weight is 396 g/mol. The fourth-order valence-corrected chi connectivity index (χ4v) is 3.54. The van der Waals surface area contributed by atoms with Crippen LogP contribution in [0.4, 0.5) is 10.2 Å². The van der Waals surface area contributed by atoms with Crippen LogP contribution in [0.25, 0.3) is 11.1 Å². The largest absolute Gasteiger partial charge is 0.487 e. The Kier molecular flexibility index (Phi) is 3.97. The monoisotopic (exact) mass is 396 g/mol. The minimum atomic E-state index is -0.309. The highest BCUT2D eigenvalue weighted by molar-refractivity contribution is 6.10. The molecule has 150 valence electrons. The highest BCUT2D eigenvalue weighted by Crippen LogP contribution is 2.40. The first-order valence-corrected chi connectivity index (χ1v) is 9.66. The number of ether oxygens (including phenoxy) is 1. The Hall–Kier alpha value is -3.16. The molecule has 7 nitrogen and oxygen atoms in total. The zero-order chi connectivity index (χ0) is 20.2. The smallest absolute Gasteiger partial charge is 0.258 e. The molecule has 3 heterocycles. The summed E-state index contributed by atoms with van der Waals surface area (Å²) in [7, 11) is 0. The number of hydrogen-bond donors (Lipinski definition) is 1. The molecule has 2 aromatic heterocycles. The Morgan fingerprint density at radius 3 is 2.69 bits per heavy atom. The second-order valence-corrected chi connectivity index (χ2v) is 8.03. The fourth-order valence-electron chi connectivity index (χ4n) is 3.54. The van der Waals surface area contributed by atoms with Crippen LogP contribution < -0.4 is 10.1 Å². The van der Waals surface area contributed by atoms with Gasteiger partial charge < -0.3 is 19.4 Å². The quantitative estimate of drug-likeness (QED) is 0.711. The van der Waals surface area contributed by atoms with Crippen LogP contribution in [0.3, 0.4) is 0 Å². The molecule has 0 bridgehead atoms. The molecule has 1 N–H and O–H groups in total. The Morgan fingerprint density at radius 2 is 2.00 bits per heavy atom. The van der Waals surface area contributed by atoms with Gasteiger partial charge in [0, 0.05) is 5.54 Å². The van der Waals surface area contributed by atoms with Gasteiger partial charge >= 0.3 is 0 Å². The van der Waals surface area contributed by atoms with Gasteiger partial charge in [0.1, 0.15) is 35.6 Å². The molecule has 0 unspecified atom stereocenters. The van der Waals surface area contributed by atoms with Gasteiger partial charge in [-0.05, 0) is 51.0 Å². The molecular weight excluding hydrogens is 375 g/mol. The van der Waals surface area contributed by atoms with E-state index in [4.69, 9.17) is 9.15 Å². The predicted octanol–water partition coefficient (Wildman–Crippen LogP) is 3.54. The van der Waals surface area contributed by atoms with Gasteiger partial charge in [0.2, 0.25) is 5.71 Å². The topological polar surface area (TPSA) is 80.5 Å². The minimum Gasteiger partial charge on any atom is -0.487 e. The third-order valence-electron chi connectivity index (χ3n) is 5.55. The Bertz CT molecular complexity index is 1090. The second-order valence-electron chi connectivity index (χ2n) is 8.03. The van der Waals surface area contributed by atoms with E-state index in [0.717, 1.165) is 12.8 Å². The molecule has 3 aromatic rings. The number of halogens is 1. The lowest BCUT2D eigenvalue weighted by Crippen LogP contribution is -2.56. The van der Waals surface area contributed by atoms with E-state index in [-0.39, 0.29) is 23.4 Å². The molecule has 0 spiro atoms. The summed E-state index contributed by atoms with van der Waals surface area (Å²) in [5.74, 6) is 1.31. The van der Waals surface area contributed by atoms with Gasteiger partial charge in [0.15, 0.2) is 0 Å². The molecule has 29 heavy (non-hydrogen) atoms. The number of likely N-dealkylation sites (tertiary alicyclic amines) is 1. The lowest BCUT2D eigenvalue weighted by Gasteiger charge is -2.39. The molecule has 0 atom stereocenters. The zero-order valence-electron chi connectivity index (χ0n) is 16.2. The van der Waals surface area contributed by atoms with E-state index < -0.39 is 0 Å². The first-order valence-electron chi connectivity index (χ1n) is 9.66. The number of rotatable bonds is 5. The van der Waals surface area contributed by atoms with Crippen LogP contribution in [-0.4, -0.2) is 45.5 Å². The van der Waals surface area contributed by atoms with E-state index in [9.17, 15) is 9.18 Å². The lowest BCUT2D eigenvalue weighted by molar-refractivity contribution is 0.0177. The summed E-state index contributed by atoms with van der Waals surface area (Å²) >= 11 is 0. The van der Waals surface area contributed by atoms with Crippen molar-refractivity contribution in [2.75, 3.05) is 18.4 Å². The molecule has 1 amide bonds. The number of amides is 1. The Morgan fingerprint density at radius 1 is 1.28 bits per heavy atom. The van der Waals surface area contributed by atoms with Crippen molar-refractivity contribution in [3.05, 3.63) is 47.7 Å². The number of aryl methyl sites for hydroxylation is 1. The number of carbonyl (C=O) groups is 1. The maximum Gasteiger partial charge on any atom is 0.258 e. The van der Waals surface area contributed by atoms with Gasteiger partial charge in [-0.15, -0.1) is 0 Å². The summed E-state index contributed by atoms with van der Waals surface area (Å²) in [6, 6.07) is 5.88. The summed E-state index contributed by atoms with van der Waals surface area (Å²) in [4.78, 5) is 23.4. The number of hydrogen-bond acceptors (Lipinski definition) is 6. The standard InChI is InChI=1S/C21H21FN4O3/c1-12-16(17-18(25-21(2)7-8-21)23-11-24-19(17)28-12)20(27)26-9-15(10-26)29-14-5-3-13(22)4-6-14/h3-6,11,15H,7-10H2,1-2H3,(H,23,24,25). The predicted molar refractivity (Wildman–Crippen MR) is 105 cm³/mol. The molecule has 1 saturated carbocycles. The molecule has 8 heteroatoms. The Balaban J connectivity index is 1.35. The van der Waals surface area contributed by atoms with Crippen LogP contribution in [-0.2, 0) is 0 Å². The normalized spacial score (nSPS) is 17.8. The SMILES string of the molecule is Cc1oc2ncnc(NC3(C)CC3)c2c1C(=O)N1CC(Oc2ccc(F)cc2)C1. The number of nitrogens with zero attached hydrogens (tertiary/aromatic N) is 3. The molecule has 1 aliphatic heterocycles. The van der Waals surface area contributed by atoms with E-state index in [1.54, 1.807) is 24.0 Å². The van der Waals surface area contributed by atoms with Crippen LogP contribution in [0.2, 0.25) is 0 Å². The summed E-state index contributed by atoms with van der Waals surface area (Å²) in [6.45, 7) is 4.80. The van der Waals surface area contributed by atoms with Crippen molar-refractivity contribution in [2.45, 2.75) is 38.3 Å². The number of anilines is 1. The van der Waals surface area contributed by atoms with Gasteiger partial charge in [-0.1, -0.05) is 0 Å². The van der Waals surface area contributed by atoms with Crippen molar-refractivity contribution in [3.63, 3.8) is 0 Å². The molecule has 1 aliphatic carbocycles. The van der Waals surface area contributed by atoms with Crippen LogP contribution in [0, 0.1) is 12.7 Å². The zero-order valence-corrected chi connectivity index (χ0v) is 16.2. The third kappa shape index (κ3) is 3.28. The van der Waals surface area contributed by atoms with E-state index in [1.165, 1.54) is 18.5 Å². The van der Waals surface area contributed by atoms with E-state index >= 15 is 0 Å². The number of furan rings is 1. The maximum atomic E-state index is 13.2. The molecule has 0 radical (unpaired) electrons. The summed E-state index contributed by atoms with van der Waals surface area (Å²) in [5.41, 5.74) is 0.914. The van der Waals surface area contributed by atoms with E-state index in [1.807, 2.05) is 0 Å². The fraction of sp³-hybridized carbons (Fsp3) is 0.381. The number of fused-ring (bicyclic) bond motifs is 1. The summed E-state index contributed by atoms with van der Waals surface area (Å²) in [5, 5.41) is 4.06. The van der Waals surface area contributed by atoms with Gasteiger partial charge in [-0.3, -0.25) is 4.79 Å². The van der Waals surface area contributed by atoms with Gasteiger partial charge in [0.05, 0.1) is 24.0 Å². The molecule has 1 aromatic carbocycles. The first-order chi connectivity index (χ1) is 13.9.